The average Bonchev–Trinajstić information content (AvgIpc) is 3.34. The van der Waals surface area contributed by atoms with Gasteiger partial charge in [-0.3, -0.25) is 19.9 Å². The van der Waals surface area contributed by atoms with Crippen molar-refractivity contribution < 1.29 is 9.72 Å². The van der Waals surface area contributed by atoms with Gasteiger partial charge in [0.2, 0.25) is 5.91 Å². The number of non-ortho nitro benzene ring substituents is 1. The van der Waals surface area contributed by atoms with E-state index in [1.54, 1.807) is 29.2 Å². The zero-order valence-electron chi connectivity index (χ0n) is 16.4. The lowest BCUT2D eigenvalue weighted by atomic mass is 9.95. The van der Waals surface area contributed by atoms with Crippen molar-refractivity contribution in [3.8, 4) is 27.5 Å². The van der Waals surface area contributed by atoms with E-state index in [9.17, 15) is 14.9 Å². The molecule has 3 aromatic heterocycles. The number of benzene rings is 1. The summed E-state index contributed by atoms with van der Waals surface area (Å²) >= 11 is 1.40. The van der Waals surface area contributed by atoms with Crippen molar-refractivity contribution in [2.75, 3.05) is 5.32 Å². The van der Waals surface area contributed by atoms with Gasteiger partial charge in [-0.05, 0) is 37.1 Å². The predicted octanol–water partition coefficient (Wildman–Crippen LogP) is 4.02. The van der Waals surface area contributed by atoms with Gasteiger partial charge in [-0.15, -0.1) is 0 Å². The Labute approximate surface area is 180 Å². The van der Waals surface area contributed by atoms with Crippen LogP contribution in [-0.4, -0.2) is 30.6 Å². The minimum atomic E-state index is -0.426. The molecule has 10 heteroatoms. The maximum Gasteiger partial charge on any atom is 0.269 e. The second-order valence-electron chi connectivity index (χ2n) is 7.08. The number of nitrogens with one attached hydrogen (secondary N) is 1. The Morgan fingerprint density at radius 2 is 2.03 bits per heavy atom. The summed E-state index contributed by atoms with van der Waals surface area (Å²) in [7, 11) is 0. The molecule has 1 aliphatic rings. The zero-order valence-corrected chi connectivity index (χ0v) is 17.2. The smallest absolute Gasteiger partial charge is 0.269 e. The first kappa shape index (κ1) is 19.1. The van der Waals surface area contributed by atoms with Crippen LogP contribution in [0.15, 0.2) is 48.8 Å². The first-order chi connectivity index (χ1) is 15.0. The van der Waals surface area contributed by atoms with E-state index in [-0.39, 0.29) is 11.6 Å². The molecule has 5 rings (SSSR count). The van der Waals surface area contributed by atoms with E-state index in [1.807, 2.05) is 12.1 Å². The molecule has 1 amide bonds. The molecule has 154 valence electrons. The fourth-order valence-corrected chi connectivity index (χ4v) is 4.83. The van der Waals surface area contributed by atoms with Gasteiger partial charge < -0.3 is 5.32 Å². The lowest BCUT2D eigenvalue weighted by Crippen LogP contribution is -2.07. The van der Waals surface area contributed by atoms with Crippen molar-refractivity contribution in [2.24, 2.45) is 0 Å². The highest BCUT2D eigenvalue weighted by atomic mass is 32.1. The molecule has 9 nitrogen and oxygen atoms in total. The van der Waals surface area contributed by atoms with Crippen molar-refractivity contribution in [3.05, 3.63) is 70.2 Å². The van der Waals surface area contributed by atoms with Gasteiger partial charge in [0.25, 0.3) is 5.69 Å². The summed E-state index contributed by atoms with van der Waals surface area (Å²) in [5.41, 5.74) is 5.31. The second-order valence-corrected chi connectivity index (χ2v) is 8.08. The fraction of sp³-hybridized carbons (Fsp3) is 0.143. The van der Waals surface area contributed by atoms with Crippen LogP contribution >= 0.6 is 11.3 Å². The number of rotatable bonds is 4. The number of nitro benzene ring substituents is 1. The minimum Gasteiger partial charge on any atom is -0.302 e. The highest BCUT2D eigenvalue weighted by Crippen LogP contribution is 2.44. The number of fused-ring (bicyclic) bond motifs is 3. The van der Waals surface area contributed by atoms with Crippen molar-refractivity contribution in [2.45, 2.75) is 19.8 Å². The van der Waals surface area contributed by atoms with Crippen LogP contribution in [0.5, 0.6) is 0 Å². The molecular formula is C21H16N6O3S. The molecule has 4 aromatic rings. The Balaban J connectivity index is 1.71. The molecule has 0 aliphatic heterocycles. The molecule has 0 spiro atoms. The quantitative estimate of drug-likeness (QED) is 0.385. The van der Waals surface area contributed by atoms with E-state index in [4.69, 9.17) is 5.10 Å². The lowest BCUT2D eigenvalue weighted by molar-refractivity contribution is -0.384. The molecule has 0 fully saturated rings. The van der Waals surface area contributed by atoms with Crippen LogP contribution in [0.1, 0.15) is 18.2 Å². The van der Waals surface area contributed by atoms with Crippen molar-refractivity contribution >= 4 is 28.1 Å². The van der Waals surface area contributed by atoms with E-state index in [0.29, 0.717) is 10.8 Å². The van der Waals surface area contributed by atoms with Gasteiger partial charge in [-0.25, -0.2) is 9.67 Å². The Bertz CT molecular complexity index is 1310. The number of nitro groups is 1. The number of hydrogen-bond donors (Lipinski definition) is 1. The first-order valence-corrected chi connectivity index (χ1v) is 10.4. The van der Waals surface area contributed by atoms with Gasteiger partial charge in [-0.1, -0.05) is 11.3 Å². The van der Waals surface area contributed by atoms with Crippen LogP contribution in [0, 0.1) is 10.1 Å². The van der Waals surface area contributed by atoms with Crippen LogP contribution < -0.4 is 5.32 Å². The van der Waals surface area contributed by atoms with E-state index >= 15 is 0 Å². The van der Waals surface area contributed by atoms with Gasteiger partial charge in [0.15, 0.2) is 5.13 Å². The largest absolute Gasteiger partial charge is 0.302 e. The van der Waals surface area contributed by atoms with Gasteiger partial charge in [0.05, 0.1) is 32.6 Å². The van der Waals surface area contributed by atoms with Crippen molar-refractivity contribution in [3.63, 3.8) is 0 Å². The number of aromatic nitrogens is 4. The summed E-state index contributed by atoms with van der Waals surface area (Å²) in [4.78, 5) is 31.9. The second kappa shape index (κ2) is 7.40. The molecule has 31 heavy (non-hydrogen) atoms. The first-order valence-electron chi connectivity index (χ1n) is 9.56. The summed E-state index contributed by atoms with van der Waals surface area (Å²) < 4.78 is 1.80. The van der Waals surface area contributed by atoms with Gasteiger partial charge in [-0.2, -0.15) is 5.10 Å². The van der Waals surface area contributed by atoms with Gasteiger partial charge in [0, 0.05) is 42.6 Å². The van der Waals surface area contributed by atoms with Crippen LogP contribution in [0.25, 0.3) is 27.5 Å². The molecular weight excluding hydrogens is 416 g/mol. The van der Waals surface area contributed by atoms with Crippen LogP contribution in [0.4, 0.5) is 10.8 Å². The number of carbonyl (C=O) groups excluding carboxylic acids is 1. The Hall–Kier alpha value is -3.92. The van der Waals surface area contributed by atoms with Crippen molar-refractivity contribution in [1.82, 2.24) is 19.7 Å². The van der Waals surface area contributed by atoms with E-state index in [2.05, 4.69) is 15.3 Å². The molecule has 0 saturated heterocycles. The average molecular weight is 432 g/mol. The van der Waals surface area contributed by atoms with Gasteiger partial charge >= 0.3 is 0 Å². The van der Waals surface area contributed by atoms with Crippen LogP contribution in [0.3, 0.4) is 0 Å². The van der Waals surface area contributed by atoms with Crippen molar-refractivity contribution in [1.29, 1.82) is 0 Å². The summed E-state index contributed by atoms with van der Waals surface area (Å²) in [6.45, 7) is 1.45. The fourth-order valence-electron chi connectivity index (χ4n) is 3.71. The molecule has 1 aliphatic carbocycles. The molecule has 1 N–H and O–H groups in total. The Kier molecular flexibility index (Phi) is 4.55. The number of hydrogen-bond acceptors (Lipinski definition) is 7. The molecule has 0 atom stereocenters. The summed E-state index contributed by atoms with van der Waals surface area (Å²) in [5, 5.41) is 19.2. The number of carbonyl (C=O) groups is 1. The van der Waals surface area contributed by atoms with Gasteiger partial charge in [0.1, 0.15) is 0 Å². The predicted molar refractivity (Wildman–Crippen MR) is 116 cm³/mol. The summed E-state index contributed by atoms with van der Waals surface area (Å²) in [5.74, 6) is -0.175. The molecule has 3 heterocycles. The molecule has 0 saturated carbocycles. The van der Waals surface area contributed by atoms with E-state index < -0.39 is 4.92 Å². The number of nitrogens with zero attached hydrogens (tertiary/aromatic N) is 5. The maximum atomic E-state index is 11.5. The highest BCUT2D eigenvalue weighted by Gasteiger charge is 2.30. The number of thiazole rings is 1. The summed E-state index contributed by atoms with van der Waals surface area (Å²) in [6.07, 6.45) is 4.96. The van der Waals surface area contributed by atoms with E-state index in [0.717, 1.165) is 45.9 Å². The molecule has 0 bridgehead atoms. The SMILES string of the molecule is CC(=O)Nc1nc2c(s1)-c1c(c(-c3cccnc3)nn1-c1ccc([N+](=O)[O-])cc1)CC2. The third-order valence-electron chi connectivity index (χ3n) is 5.03. The number of pyridine rings is 1. The van der Waals surface area contributed by atoms with Crippen LogP contribution in [-0.2, 0) is 17.6 Å². The monoisotopic (exact) mass is 432 g/mol. The highest BCUT2D eigenvalue weighted by molar-refractivity contribution is 7.19. The topological polar surface area (TPSA) is 116 Å². The third-order valence-corrected chi connectivity index (χ3v) is 6.05. The lowest BCUT2D eigenvalue weighted by Gasteiger charge is -2.14. The number of anilines is 1. The van der Waals surface area contributed by atoms with E-state index in [1.165, 1.54) is 30.4 Å². The Morgan fingerprint density at radius 1 is 1.23 bits per heavy atom. The Morgan fingerprint density at radius 3 is 2.71 bits per heavy atom. The number of amides is 1. The normalized spacial score (nSPS) is 12.2. The molecule has 0 radical (unpaired) electrons. The zero-order chi connectivity index (χ0) is 21.5. The third kappa shape index (κ3) is 3.36. The summed E-state index contributed by atoms with van der Waals surface area (Å²) in [6, 6.07) is 10.1. The molecule has 0 unspecified atom stereocenters. The molecule has 1 aromatic carbocycles. The maximum absolute atomic E-state index is 11.5. The minimum absolute atomic E-state index is 0.0173. The number of aryl methyl sites for hydroxylation is 1. The van der Waals surface area contributed by atoms with Crippen LogP contribution in [0.2, 0.25) is 0 Å². The standard InChI is InChI=1S/C21H16N6O3S/c1-12(28)23-21-24-17-9-8-16-18(13-3-2-10-22-11-13)25-26(19(16)20(17)31-21)14-4-6-15(7-5-14)27(29)30/h2-7,10-11H,8-9H2,1H3,(H,23,24,28).